The maximum absolute atomic E-state index is 5.76. The van der Waals surface area contributed by atoms with Crippen molar-refractivity contribution in [2.75, 3.05) is 11.1 Å². The van der Waals surface area contributed by atoms with Crippen molar-refractivity contribution >= 4 is 28.5 Å². The third-order valence-electron chi connectivity index (χ3n) is 3.39. The lowest BCUT2D eigenvalue weighted by atomic mass is 9.86. The molecule has 0 amide bonds. The Labute approximate surface area is 124 Å². The van der Waals surface area contributed by atoms with Crippen LogP contribution in [-0.4, -0.2) is 4.98 Å². The summed E-state index contributed by atoms with van der Waals surface area (Å²) in [5.41, 5.74) is 10.2. The lowest BCUT2D eigenvalue weighted by Crippen LogP contribution is -2.13. The number of hydrogen-bond acceptors (Lipinski definition) is 4. The smallest absolute Gasteiger partial charge is 0.300 e. The van der Waals surface area contributed by atoms with Crippen molar-refractivity contribution in [2.24, 2.45) is 0 Å². The number of fused-ring (bicyclic) bond motifs is 1. The van der Waals surface area contributed by atoms with Crippen molar-refractivity contribution in [3.63, 3.8) is 0 Å². The Morgan fingerprint density at radius 3 is 2.62 bits per heavy atom. The SMILES string of the molecule is CC(C)(C)c1ccccc1Nc1nc2ccc(N)cc2o1. The van der Waals surface area contributed by atoms with Crippen molar-refractivity contribution < 1.29 is 4.42 Å². The average molecular weight is 281 g/mol. The lowest BCUT2D eigenvalue weighted by molar-refractivity contribution is 0.589. The molecule has 2 aromatic carbocycles. The van der Waals surface area contributed by atoms with Gasteiger partial charge < -0.3 is 15.5 Å². The normalized spacial score (nSPS) is 11.8. The second kappa shape index (κ2) is 4.81. The van der Waals surface area contributed by atoms with Crippen LogP contribution in [0.2, 0.25) is 0 Å². The summed E-state index contributed by atoms with van der Waals surface area (Å²) < 4.78 is 5.72. The van der Waals surface area contributed by atoms with E-state index >= 15 is 0 Å². The molecule has 3 rings (SSSR count). The van der Waals surface area contributed by atoms with E-state index in [0.29, 0.717) is 17.3 Å². The van der Waals surface area contributed by atoms with E-state index in [-0.39, 0.29) is 5.41 Å². The van der Waals surface area contributed by atoms with Gasteiger partial charge in [-0.3, -0.25) is 0 Å². The van der Waals surface area contributed by atoms with Gasteiger partial charge in [0, 0.05) is 17.4 Å². The molecule has 0 aliphatic heterocycles. The molecule has 0 unspecified atom stereocenters. The van der Waals surface area contributed by atoms with E-state index in [1.807, 2.05) is 30.3 Å². The summed E-state index contributed by atoms with van der Waals surface area (Å²) >= 11 is 0. The van der Waals surface area contributed by atoms with Crippen molar-refractivity contribution in [2.45, 2.75) is 26.2 Å². The highest BCUT2D eigenvalue weighted by atomic mass is 16.4. The van der Waals surface area contributed by atoms with E-state index in [1.165, 1.54) is 5.56 Å². The second-order valence-electron chi connectivity index (χ2n) is 6.17. The number of para-hydroxylation sites is 1. The molecule has 0 atom stereocenters. The molecular weight excluding hydrogens is 262 g/mol. The van der Waals surface area contributed by atoms with Crippen LogP contribution < -0.4 is 11.1 Å². The van der Waals surface area contributed by atoms with Gasteiger partial charge in [0.25, 0.3) is 6.01 Å². The number of nitrogens with one attached hydrogen (secondary N) is 1. The fraction of sp³-hybridized carbons (Fsp3) is 0.235. The van der Waals surface area contributed by atoms with E-state index in [1.54, 1.807) is 6.07 Å². The Morgan fingerprint density at radius 2 is 1.86 bits per heavy atom. The van der Waals surface area contributed by atoms with E-state index in [4.69, 9.17) is 10.2 Å². The molecular formula is C17H19N3O. The van der Waals surface area contributed by atoms with Gasteiger partial charge in [-0.1, -0.05) is 39.0 Å². The minimum Gasteiger partial charge on any atom is -0.423 e. The number of benzene rings is 2. The van der Waals surface area contributed by atoms with Crippen LogP contribution >= 0.6 is 0 Å². The monoisotopic (exact) mass is 281 g/mol. The highest BCUT2D eigenvalue weighted by molar-refractivity contribution is 5.79. The molecule has 0 saturated carbocycles. The van der Waals surface area contributed by atoms with Crippen molar-refractivity contribution in [1.82, 2.24) is 4.98 Å². The summed E-state index contributed by atoms with van der Waals surface area (Å²) in [6.07, 6.45) is 0. The first-order chi connectivity index (χ1) is 9.93. The van der Waals surface area contributed by atoms with Gasteiger partial charge in [-0.2, -0.15) is 4.98 Å². The number of oxazole rings is 1. The minimum absolute atomic E-state index is 0.0417. The molecule has 4 nitrogen and oxygen atoms in total. The van der Waals surface area contributed by atoms with Crippen molar-refractivity contribution in [1.29, 1.82) is 0 Å². The van der Waals surface area contributed by atoms with Gasteiger partial charge in [-0.05, 0) is 29.2 Å². The van der Waals surface area contributed by atoms with Crippen molar-refractivity contribution in [3.05, 3.63) is 48.0 Å². The van der Waals surface area contributed by atoms with Crippen molar-refractivity contribution in [3.8, 4) is 0 Å². The summed E-state index contributed by atoms with van der Waals surface area (Å²) in [4.78, 5) is 4.44. The first-order valence-electron chi connectivity index (χ1n) is 6.96. The number of nitrogen functional groups attached to an aromatic ring is 1. The van der Waals surface area contributed by atoms with E-state index in [0.717, 1.165) is 11.2 Å². The summed E-state index contributed by atoms with van der Waals surface area (Å²) in [7, 11) is 0. The predicted molar refractivity (Wildman–Crippen MR) is 86.8 cm³/mol. The zero-order valence-electron chi connectivity index (χ0n) is 12.5. The number of rotatable bonds is 2. The Hall–Kier alpha value is -2.49. The summed E-state index contributed by atoms with van der Waals surface area (Å²) in [5, 5.41) is 3.27. The van der Waals surface area contributed by atoms with Gasteiger partial charge in [0.15, 0.2) is 5.58 Å². The molecule has 1 aromatic heterocycles. The van der Waals surface area contributed by atoms with Gasteiger partial charge in [0.2, 0.25) is 0 Å². The fourth-order valence-corrected chi connectivity index (χ4v) is 2.36. The van der Waals surface area contributed by atoms with Crippen LogP contribution in [0.15, 0.2) is 46.9 Å². The number of hydrogen-bond donors (Lipinski definition) is 2. The first-order valence-corrected chi connectivity index (χ1v) is 6.96. The van der Waals surface area contributed by atoms with Gasteiger partial charge in [0.05, 0.1) is 0 Å². The Balaban J connectivity index is 1.99. The molecule has 0 radical (unpaired) electrons. The third kappa shape index (κ3) is 2.70. The molecule has 108 valence electrons. The Morgan fingerprint density at radius 1 is 1.10 bits per heavy atom. The van der Waals surface area contributed by atoms with Gasteiger partial charge in [0.1, 0.15) is 5.52 Å². The molecule has 0 spiro atoms. The molecule has 4 heteroatoms. The van der Waals surface area contributed by atoms with Crippen LogP contribution in [0, 0.1) is 0 Å². The zero-order chi connectivity index (χ0) is 15.0. The first kappa shape index (κ1) is 13.5. The van der Waals surface area contributed by atoms with Gasteiger partial charge in [-0.15, -0.1) is 0 Å². The topological polar surface area (TPSA) is 64.1 Å². The van der Waals surface area contributed by atoms with Crippen LogP contribution in [0.5, 0.6) is 0 Å². The summed E-state index contributed by atoms with van der Waals surface area (Å²) in [5.74, 6) is 0. The van der Waals surface area contributed by atoms with Crippen LogP contribution in [0.1, 0.15) is 26.3 Å². The standard InChI is InChI=1S/C17H19N3O/c1-17(2,3)12-6-4-5-7-13(12)19-16-20-14-9-8-11(18)10-15(14)21-16/h4-10H,18H2,1-3H3,(H,19,20). The Bertz CT molecular complexity index is 784. The number of aromatic nitrogens is 1. The maximum atomic E-state index is 5.76. The van der Waals surface area contributed by atoms with Gasteiger partial charge in [-0.25, -0.2) is 0 Å². The lowest BCUT2D eigenvalue weighted by Gasteiger charge is -2.22. The molecule has 0 saturated heterocycles. The second-order valence-corrected chi connectivity index (χ2v) is 6.17. The molecule has 3 aromatic rings. The van der Waals surface area contributed by atoms with E-state index in [2.05, 4.69) is 37.1 Å². The predicted octanol–water partition coefficient (Wildman–Crippen LogP) is 4.45. The molecule has 3 N–H and O–H groups in total. The minimum atomic E-state index is 0.0417. The van der Waals surface area contributed by atoms with Crippen LogP contribution in [0.3, 0.4) is 0 Å². The van der Waals surface area contributed by atoms with Crippen LogP contribution in [0.4, 0.5) is 17.4 Å². The molecule has 1 heterocycles. The Kier molecular flexibility index (Phi) is 3.09. The van der Waals surface area contributed by atoms with Crippen LogP contribution in [0.25, 0.3) is 11.1 Å². The highest BCUT2D eigenvalue weighted by Crippen LogP contribution is 2.32. The highest BCUT2D eigenvalue weighted by Gasteiger charge is 2.18. The molecule has 0 aliphatic rings. The molecule has 21 heavy (non-hydrogen) atoms. The zero-order valence-corrected chi connectivity index (χ0v) is 12.5. The van der Waals surface area contributed by atoms with E-state index in [9.17, 15) is 0 Å². The maximum Gasteiger partial charge on any atom is 0.300 e. The van der Waals surface area contributed by atoms with E-state index < -0.39 is 0 Å². The molecule has 0 fully saturated rings. The average Bonchev–Trinajstić information content (AvgIpc) is 2.79. The summed E-state index contributed by atoms with van der Waals surface area (Å²) in [6.45, 7) is 6.54. The summed E-state index contributed by atoms with van der Waals surface area (Å²) in [6, 6.07) is 14.1. The van der Waals surface area contributed by atoms with Gasteiger partial charge >= 0.3 is 0 Å². The molecule has 0 bridgehead atoms. The largest absolute Gasteiger partial charge is 0.423 e. The van der Waals surface area contributed by atoms with Crippen LogP contribution in [-0.2, 0) is 5.41 Å². The quantitative estimate of drug-likeness (QED) is 0.681. The fourth-order valence-electron chi connectivity index (χ4n) is 2.36. The number of anilines is 3. The number of nitrogens with zero attached hydrogens (tertiary/aromatic N) is 1. The third-order valence-corrected chi connectivity index (χ3v) is 3.39. The molecule has 0 aliphatic carbocycles. The number of nitrogens with two attached hydrogens (primary N) is 1.